The monoisotopic (exact) mass is 515 g/mol. The van der Waals surface area contributed by atoms with E-state index in [4.69, 9.17) is 0 Å². The smallest absolute Gasteiger partial charge is 0.0547 e. The van der Waals surface area contributed by atoms with Crippen LogP contribution in [0.15, 0.2) is 115 Å². The molecule has 2 aromatic heterocycles. The molecule has 2 heterocycles. The predicted octanol–water partition coefficient (Wildman–Crippen LogP) is 10.6. The molecule has 0 bridgehead atoms. The summed E-state index contributed by atoms with van der Waals surface area (Å²) in [5, 5.41) is 7.86. The van der Waals surface area contributed by atoms with Gasteiger partial charge in [-0.2, -0.15) is 0 Å². The number of benzene rings is 6. The molecule has 1 aliphatic rings. The quantitative estimate of drug-likeness (QED) is 0.205. The summed E-state index contributed by atoms with van der Waals surface area (Å²) in [6.07, 6.45) is 0. The van der Waals surface area contributed by atoms with E-state index in [2.05, 4.69) is 134 Å². The van der Waals surface area contributed by atoms with Crippen molar-refractivity contribution in [3.63, 3.8) is 0 Å². The van der Waals surface area contributed by atoms with E-state index in [1.165, 1.54) is 80.7 Å². The molecule has 0 aliphatic heterocycles. The van der Waals surface area contributed by atoms with E-state index in [0.29, 0.717) is 0 Å². The summed E-state index contributed by atoms with van der Waals surface area (Å²) in [6.45, 7) is 4.74. The van der Waals surface area contributed by atoms with Gasteiger partial charge in [0.05, 0.1) is 11.0 Å². The molecule has 1 nitrogen and oxygen atoms in total. The number of nitrogens with zero attached hydrogens (tertiary/aromatic N) is 1. The lowest BCUT2D eigenvalue weighted by atomic mass is 9.82. The minimum atomic E-state index is -0.0279. The van der Waals surface area contributed by atoms with Crippen LogP contribution in [0.3, 0.4) is 0 Å². The molecule has 0 saturated carbocycles. The van der Waals surface area contributed by atoms with Crippen LogP contribution >= 0.6 is 11.3 Å². The maximum absolute atomic E-state index is 2.50. The Bertz CT molecular complexity index is 2310. The van der Waals surface area contributed by atoms with Gasteiger partial charge in [-0.25, -0.2) is 0 Å². The third kappa shape index (κ3) is 2.79. The highest BCUT2D eigenvalue weighted by molar-refractivity contribution is 7.25. The van der Waals surface area contributed by atoms with E-state index < -0.39 is 0 Å². The van der Waals surface area contributed by atoms with Crippen LogP contribution in [0.2, 0.25) is 0 Å². The average Bonchev–Trinajstić information content (AvgIpc) is 3.56. The fraction of sp³-hybridized carbons (Fsp3) is 0.0811. The Hall–Kier alpha value is -4.40. The fourth-order valence-electron chi connectivity index (χ4n) is 7.03. The van der Waals surface area contributed by atoms with Crippen molar-refractivity contribution in [3.8, 4) is 16.8 Å². The van der Waals surface area contributed by atoms with Gasteiger partial charge in [0.15, 0.2) is 0 Å². The molecule has 0 N–H and O–H groups in total. The summed E-state index contributed by atoms with van der Waals surface area (Å²) in [5.41, 5.74) is 9.27. The van der Waals surface area contributed by atoms with Crippen LogP contribution in [-0.4, -0.2) is 4.57 Å². The first kappa shape index (κ1) is 21.5. The SMILES string of the molecule is CC1(C)c2ccccc2-c2cc3c(cc21)c1cc2ccccc2cc1n3-c1ccc2sc3ccccc3c2c1. The summed E-state index contributed by atoms with van der Waals surface area (Å²) < 4.78 is 5.18. The van der Waals surface area contributed by atoms with Gasteiger partial charge in [0, 0.05) is 42.0 Å². The van der Waals surface area contributed by atoms with Crippen LogP contribution in [0, 0.1) is 0 Å². The molecule has 39 heavy (non-hydrogen) atoms. The molecular formula is C37H25NS. The van der Waals surface area contributed by atoms with Crippen LogP contribution in [0.1, 0.15) is 25.0 Å². The van der Waals surface area contributed by atoms with Crippen LogP contribution < -0.4 is 0 Å². The van der Waals surface area contributed by atoms with Crippen LogP contribution in [0.4, 0.5) is 0 Å². The second kappa shape index (κ2) is 7.37. The number of hydrogen-bond donors (Lipinski definition) is 0. The van der Waals surface area contributed by atoms with Gasteiger partial charge in [0.1, 0.15) is 0 Å². The Morgan fingerprint density at radius 1 is 0.513 bits per heavy atom. The number of fused-ring (bicyclic) bond motifs is 10. The van der Waals surface area contributed by atoms with Gasteiger partial charge in [-0.15, -0.1) is 11.3 Å². The lowest BCUT2D eigenvalue weighted by Crippen LogP contribution is -2.14. The third-order valence-electron chi connectivity index (χ3n) is 8.95. The average molecular weight is 516 g/mol. The van der Waals surface area contributed by atoms with Crippen molar-refractivity contribution in [2.24, 2.45) is 0 Å². The molecule has 8 aromatic rings. The summed E-state index contributed by atoms with van der Waals surface area (Å²) in [7, 11) is 0. The fourth-order valence-corrected chi connectivity index (χ4v) is 8.11. The highest BCUT2D eigenvalue weighted by atomic mass is 32.1. The maximum Gasteiger partial charge on any atom is 0.0547 e. The van der Waals surface area contributed by atoms with Crippen molar-refractivity contribution in [1.82, 2.24) is 4.57 Å². The Morgan fingerprint density at radius 2 is 1.21 bits per heavy atom. The third-order valence-corrected chi connectivity index (χ3v) is 10.1. The van der Waals surface area contributed by atoms with E-state index in [9.17, 15) is 0 Å². The normalized spacial score (nSPS) is 14.1. The Labute approximate surface area is 230 Å². The lowest BCUT2D eigenvalue weighted by Gasteiger charge is -2.21. The Balaban J connectivity index is 1.44. The number of hydrogen-bond acceptors (Lipinski definition) is 1. The second-order valence-corrected chi connectivity index (χ2v) is 12.5. The molecule has 0 spiro atoms. The van der Waals surface area contributed by atoms with E-state index in [0.717, 1.165) is 0 Å². The van der Waals surface area contributed by atoms with Crippen molar-refractivity contribution in [1.29, 1.82) is 0 Å². The first-order valence-electron chi connectivity index (χ1n) is 13.6. The highest BCUT2D eigenvalue weighted by Crippen LogP contribution is 2.51. The number of thiophene rings is 1. The second-order valence-electron chi connectivity index (χ2n) is 11.4. The van der Waals surface area contributed by atoms with Crippen molar-refractivity contribution in [3.05, 3.63) is 126 Å². The van der Waals surface area contributed by atoms with Gasteiger partial charge >= 0.3 is 0 Å². The van der Waals surface area contributed by atoms with Crippen molar-refractivity contribution < 1.29 is 0 Å². The summed E-state index contributed by atoms with van der Waals surface area (Å²) in [5.74, 6) is 0. The molecule has 0 fully saturated rings. The van der Waals surface area contributed by atoms with Crippen molar-refractivity contribution in [2.45, 2.75) is 19.3 Å². The summed E-state index contributed by atoms with van der Waals surface area (Å²) in [6, 6.07) is 43.2. The van der Waals surface area contributed by atoms with Gasteiger partial charge in [0.2, 0.25) is 0 Å². The van der Waals surface area contributed by atoms with E-state index >= 15 is 0 Å². The first-order valence-corrected chi connectivity index (χ1v) is 14.4. The molecule has 9 rings (SSSR count). The standard InChI is InChI=1S/C37H25NS/c1-37(2)31-13-7-5-11-25(31)27-21-34-29(20-32(27)37)28-17-22-9-3-4-10-23(22)18-33(28)38(34)24-15-16-36-30(19-24)26-12-6-8-14-35(26)39-36/h3-21H,1-2H3. The van der Waals surface area contributed by atoms with Crippen LogP contribution in [0.25, 0.3) is 69.6 Å². The topological polar surface area (TPSA) is 4.93 Å². The Morgan fingerprint density at radius 3 is 2.10 bits per heavy atom. The zero-order valence-electron chi connectivity index (χ0n) is 21.8. The highest BCUT2D eigenvalue weighted by Gasteiger charge is 2.36. The summed E-state index contributed by atoms with van der Waals surface area (Å²) >= 11 is 1.88. The molecule has 184 valence electrons. The largest absolute Gasteiger partial charge is 0.309 e. The van der Waals surface area contributed by atoms with Gasteiger partial charge < -0.3 is 4.57 Å². The van der Waals surface area contributed by atoms with Gasteiger partial charge in [0.25, 0.3) is 0 Å². The van der Waals surface area contributed by atoms with E-state index in [1.54, 1.807) is 0 Å². The van der Waals surface area contributed by atoms with Crippen molar-refractivity contribution in [2.75, 3.05) is 0 Å². The molecule has 0 amide bonds. The summed E-state index contributed by atoms with van der Waals surface area (Å²) in [4.78, 5) is 0. The van der Waals surface area contributed by atoms with Gasteiger partial charge in [-0.1, -0.05) is 80.6 Å². The molecular weight excluding hydrogens is 490 g/mol. The first-order chi connectivity index (χ1) is 19.1. The van der Waals surface area contributed by atoms with E-state index in [1.807, 2.05) is 11.3 Å². The minimum Gasteiger partial charge on any atom is -0.309 e. The molecule has 0 radical (unpaired) electrons. The lowest BCUT2D eigenvalue weighted by molar-refractivity contribution is 0.661. The zero-order valence-corrected chi connectivity index (χ0v) is 22.6. The van der Waals surface area contributed by atoms with Gasteiger partial charge in [-0.3, -0.25) is 0 Å². The molecule has 0 atom stereocenters. The molecule has 0 saturated heterocycles. The predicted molar refractivity (Wildman–Crippen MR) is 169 cm³/mol. The van der Waals surface area contributed by atoms with Crippen molar-refractivity contribution >= 4 is 64.1 Å². The maximum atomic E-state index is 2.50. The molecule has 0 unspecified atom stereocenters. The van der Waals surface area contributed by atoms with E-state index in [-0.39, 0.29) is 5.41 Å². The van der Waals surface area contributed by atoms with Gasteiger partial charge in [-0.05, 0) is 81.6 Å². The zero-order chi connectivity index (χ0) is 25.9. The minimum absolute atomic E-state index is 0.0279. The van der Waals surface area contributed by atoms with Crippen LogP contribution in [0.5, 0.6) is 0 Å². The number of rotatable bonds is 1. The molecule has 2 heteroatoms. The van der Waals surface area contributed by atoms with Crippen LogP contribution in [-0.2, 0) is 5.41 Å². The molecule has 6 aromatic carbocycles. The number of aromatic nitrogens is 1. The Kier molecular flexibility index (Phi) is 4.07. The molecule has 1 aliphatic carbocycles.